The Balaban J connectivity index is 1.15. The van der Waals surface area contributed by atoms with E-state index in [0.29, 0.717) is 34.8 Å². The van der Waals surface area contributed by atoms with Crippen molar-refractivity contribution in [3.63, 3.8) is 0 Å². The molecular weight excluding hydrogens is 699 g/mol. The predicted molar refractivity (Wildman–Crippen MR) is 222 cm³/mol. The minimum atomic E-state index is -3.56. The van der Waals surface area contributed by atoms with Crippen LogP contribution in [0.1, 0.15) is 76.4 Å². The standard InChI is InChI=1S/C47H53N5O2S/c1-31-15-16-40(44(33(31)3)24-22-42-20-18-39(29-51-42)46-14-10-8-12-37(46)27-49)30-55(53,54)52(6)47-25-32(2)34(4)43(35(47)5)23-21-41-19-17-38(28-50-41)45-13-9-7-11-36(45)26-48/h7-14,17-24,28-29,31-35,40,43-44,47H,15-16,25,30H2,1-6H3/t31-,32-,33+,34+,35-,40-,43-,44-,47+/m0/s1. The van der Waals surface area contributed by atoms with Crippen molar-refractivity contribution in [2.45, 2.75) is 59.9 Å². The van der Waals surface area contributed by atoms with Gasteiger partial charge in [-0.15, -0.1) is 0 Å². The highest BCUT2D eigenvalue weighted by Crippen LogP contribution is 2.44. The molecule has 2 aromatic carbocycles. The molecule has 55 heavy (non-hydrogen) atoms. The number of pyridine rings is 2. The molecule has 0 spiro atoms. The topological polar surface area (TPSA) is 111 Å². The zero-order valence-electron chi connectivity index (χ0n) is 32.9. The van der Waals surface area contributed by atoms with Crippen molar-refractivity contribution in [3.05, 3.63) is 120 Å². The summed E-state index contributed by atoms with van der Waals surface area (Å²) in [7, 11) is -1.76. The lowest BCUT2D eigenvalue weighted by Gasteiger charge is -2.46. The molecule has 0 radical (unpaired) electrons. The molecule has 0 N–H and O–H groups in total. The van der Waals surface area contributed by atoms with Gasteiger partial charge < -0.3 is 0 Å². The van der Waals surface area contributed by atoms with Crippen LogP contribution < -0.4 is 0 Å². The van der Waals surface area contributed by atoms with Crippen LogP contribution in [0, 0.1) is 70.0 Å². The summed E-state index contributed by atoms with van der Waals surface area (Å²) in [6.07, 6.45) is 14.9. The monoisotopic (exact) mass is 751 g/mol. The molecule has 2 fully saturated rings. The van der Waals surface area contributed by atoms with Gasteiger partial charge in [-0.1, -0.05) is 102 Å². The lowest BCUT2D eigenvalue weighted by Crippen LogP contribution is -2.51. The van der Waals surface area contributed by atoms with Crippen LogP contribution in [0.2, 0.25) is 0 Å². The number of aromatic nitrogens is 2. The van der Waals surface area contributed by atoms with Gasteiger partial charge >= 0.3 is 0 Å². The molecule has 2 heterocycles. The molecule has 6 rings (SSSR count). The number of nitrogens with zero attached hydrogens (tertiary/aromatic N) is 5. The Bertz CT molecular complexity index is 2200. The Kier molecular flexibility index (Phi) is 12.5. The van der Waals surface area contributed by atoms with Gasteiger partial charge in [0.25, 0.3) is 0 Å². The van der Waals surface area contributed by atoms with Gasteiger partial charge in [-0.05, 0) is 96.6 Å². The Morgan fingerprint density at radius 2 is 1.20 bits per heavy atom. The smallest absolute Gasteiger partial charge is 0.214 e. The Labute approximate surface area is 328 Å². The molecule has 8 heteroatoms. The minimum Gasteiger partial charge on any atom is -0.256 e. The molecule has 0 aliphatic heterocycles. The number of hydrogen-bond donors (Lipinski definition) is 0. The molecule has 2 aromatic heterocycles. The first kappa shape index (κ1) is 39.8. The quantitative estimate of drug-likeness (QED) is 0.160. The Morgan fingerprint density at radius 3 is 1.71 bits per heavy atom. The van der Waals surface area contributed by atoms with Gasteiger partial charge in [0.15, 0.2) is 0 Å². The van der Waals surface area contributed by atoms with Crippen molar-refractivity contribution >= 4 is 22.2 Å². The normalized spacial score (nSPS) is 27.3. The van der Waals surface area contributed by atoms with E-state index in [-0.39, 0.29) is 35.5 Å². The number of nitriles is 2. The van der Waals surface area contributed by atoms with Crippen LogP contribution in [-0.4, -0.2) is 41.5 Å². The maximum absolute atomic E-state index is 14.4. The van der Waals surface area contributed by atoms with E-state index in [0.717, 1.165) is 52.9 Å². The summed E-state index contributed by atoms with van der Waals surface area (Å²) in [5, 5.41) is 19.1. The second-order valence-electron chi connectivity index (χ2n) is 16.1. The maximum atomic E-state index is 14.4. The number of allylic oxidation sites excluding steroid dienone is 2. The molecule has 0 saturated heterocycles. The maximum Gasteiger partial charge on any atom is 0.214 e. The zero-order chi connectivity index (χ0) is 39.3. The largest absolute Gasteiger partial charge is 0.256 e. The van der Waals surface area contributed by atoms with Gasteiger partial charge in [-0.25, -0.2) is 12.7 Å². The van der Waals surface area contributed by atoms with Crippen LogP contribution in [0.25, 0.3) is 34.4 Å². The van der Waals surface area contributed by atoms with E-state index in [1.165, 1.54) is 0 Å². The van der Waals surface area contributed by atoms with Crippen molar-refractivity contribution in [2.24, 2.45) is 47.3 Å². The molecular formula is C47H53N5O2S. The molecule has 0 amide bonds. The van der Waals surface area contributed by atoms with Gasteiger partial charge in [0.2, 0.25) is 10.0 Å². The Morgan fingerprint density at radius 1 is 0.691 bits per heavy atom. The third-order valence-corrected chi connectivity index (χ3v) is 15.0. The molecule has 7 nitrogen and oxygen atoms in total. The van der Waals surface area contributed by atoms with Crippen molar-refractivity contribution in [3.8, 4) is 34.4 Å². The SMILES string of the molecule is C[C@H]1[C@@H](C=Cc2ccc(-c3ccccc3C#N)cn2)[C@H](C)[C@@H](C)C[C@H]1N(C)S(=O)(=O)C[C@@H]1CC[C@H](C)[C@@H](C)[C@@H]1C=Cc1ccc(-c2ccccc2C#N)cn1. The van der Waals surface area contributed by atoms with Gasteiger partial charge in [-0.2, -0.15) is 10.5 Å². The van der Waals surface area contributed by atoms with Crippen LogP contribution in [0.15, 0.2) is 97.3 Å². The fourth-order valence-electron chi connectivity index (χ4n) is 9.03. The van der Waals surface area contributed by atoms with E-state index in [1.54, 1.807) is 17.5 Å². The number of benzene rings is 2. The van der Waals surface area contributed by atoms with Gasteiger partial charge in [-0.3, -0.25) is 9.97 Å². The zero-order valence-corrected chi connectivity index (χ0v) is 33.7. The fraction of sp³-hybridized carbons (Fsp3) is 0.404. The molecule has 0 bridgehead atoms. The van der Waals surface area contributed by atoms with Crippen LogP contribution in [0.3, 0.4) is 0 Å². The van der Waals surface area contributed by atoms with Crippen LogP contribution in [0.4, 0.5) is 0 Å². The van der Waals surface area contributed by atoms with Crippen molar-refractivity contribution < 1.29 is 8.42 Å². The van der Waals surface area contributed by atoms with Gasteiger partial charge in [0.05, 0.1) is 40.4 Å². The predicted octanol–water partition coefficient (Wildman–Crippen LogP) is 10.1. The fourth-order valence-corrected chi connectivity index (χ4v) is 10.9. The summed E-state index contributed by atoms with van der Waals surface area (Å²) >= 11 is 0. The molecule has 0 unspecified atom stereocenters. The van der Waals surface area contributed by atoms with E-state index < -0.39 is 10.0 Å². The highest BCUT2D eigenvalue weighted by Gasteiger charge is 2.44. The van der Waals surface area contributed by atoms with E-state index in [2.05, 4.69) is 65.0 Å². The second-order valence-corrected chi connectivity index (χ2v) is 18.2. The summed E-state index contributed by atoms with van der Waals surface area (Å²) in [4.78, 5) is 9.39. The van der Waals surface area contributed by atoms with Crippen LogP contribution in [0.5, 0.6) is 0 Å². The third kappa shape index (κ3) is 8.83. The molecule has 2 saturated carbocycles. The first-order chi connectivity index (χ1) is 26.4. The van der Waals surface area contributed by atoms with Crippen LogP contribution >= 0.6 is 0 Å². The van der Waals surface area contributed by atoms with E-state index >= 15 is 0 Å². The molecule has 2 aliphatic carbocycles. The molecule has 284 valence electrons. The average molecular weight is 752 g/mol. The van der Waals surface area contributed by atoms with Gasteiger partial charge in [0.1, 0.15) is 0 Å². The van der Waals surface area contributed by atoms with Crippen molar-refractivity contribution in [1.29, 1.82) is 10.5 Å². The summed E-state index contributed by atoms with van der Waals surface area (Å²) < 4.78 is 30.4. The van der Waals surface area contributed by atoms with E-state index in [4.69, 9.17) is 9.97 Å². The molecule has 4 aromatic rings. The second kappa shape index (κ2) is 17.3. The summed E-state index contributed by atoms with van der Waals surface area (Å²) in [6.45, 7) is 11.3. The number of sulfonamides is 1. The average Bonchev–Trinajstić information content (AvgIpc) is 3.20. The lowest BCUT2D eigenvalue weighted by atomic mass is 9.66. The summed E-state index contributed by atoms with van der Waals surface area (Å²) in [5.74, 6) is 2.14. The van der Waals surface area contributed by atoms with Crippen LogP contribution in [-0.2, 0) is 10.0 Å². The Hall–Kier alpha value is -4.89. The number of rotatable bonds is 10. The highest BCUT2D eigenvalue weighted by molar-refractivity contribution is 7.89. The van der Waals surface area contributed by atoms with Crippen molar-refractivity contribution in [2.75, 3.05) is 12.8 Å². The third-order valence-electron chi connectivity index (χ3n) is 13.0. The summed E-state index contributed by atoms with van der Waals surface area (Å²) in [5.41, 5.74) is 6.41. The summed E-state index contributed by atoms with van der Waals surface area (Å²) in [6, 6.07) is 27.4. The van der Waals surface area contributed by atoms with Gasteiger partial charge in [0, 0.05) is 47.7 Å². The lowest BCUT2D eigenvalue weighted by molar-refractivity contribution is 0.0843. The first-order valence-electron chi connectivity index (χ1n) is 19.6. The van der Waals surface area contributed by atoms with E-state index in [1.807, 2.05) is 85.1 Å². The minimum absolute atomic E-state index is 0.0109. The first-order valence-corrected chi connectivity index (χ1v) is 21.3. The van der Waals surface area contributed by atoms with E-state index in [9.17, 15) is 18.9 Å². The highest BCUT2D eigenvalue weighted by atomic mass is 32.2. The molecule has 9 atom stereocenters. The number of hydrogen-bond acceptors (Lipinski definition) is 6. The van der Waals surface area contributed by atoms with Crippen molar-refractivity contribution in [1.82, 2.24) is 14.3 Å². The molecule has 2 aliphatic rings.